The molecule has 65 heavy (non-hydrogen) atoms. The van der Waals surface area contributed by atoms with Crippen LogP contribution in [0.5, 0.6) is 0 Å². The predicted molar refractivity (Wildman–Crippen MR) is 276 cm³/mol. The van der Waals surface area contributed by atoms with Crippen molar-refractivity contribution in [1.82, 2.24) is 4.98 Å². The molecule has 0 aliphatic heterocycles. The fourth-order valence-corrected chi connectivity index (χ4v) is 10.6. The van der Waals surface area contributed by atoms with Crippen molar-refractivity contribution in [3.63, 3.8) is 0 Å². The topological polar surface area (TPSA) is 32.5 Å². The van der Waals surface area contributed by atoms with Gasteiger partial charge in [0.15, 0.2) is 0 Å². The maximum absolute atomic E-state index is 6.26. The molecule has 2 aromatic heterocycles. The van der Waals surface area contributed by atoms with Crippen molar-refractivity contribution < 1.29 is 4.42 Å². The Labute approximate surface area is 379 Å². The molecular formula is C60H39N3OS. The monoisotopic (exact) mass is 849 g/mol. The van der Waals surface area contributed by atoms with E-state index in [0.717, 1.165) is 78.7 Å². The zero-order valence-corrected chi connectivity index (χ0v) is 36.0. The number of nitrogens with zero attached hydrogens (tertiary/aromatic N) is 3. The van der Waals surface area contributed by atoms with E-state index in [2.05, 4.69) is 222 Å². The lowest BCUT2D eigenvalue weighted by atomic mass is 9.99. The van der Waals surface area contributed by atoms with E-state index in [1.54, 1.807) is 11.3 Å². The summed E-state index contributed by atoms with van der Waals surface area (Å²) in [6, 6.07) is 72.6. The second-order valence-corrected chi connectivity index (χ2v) is 17.8. The molecule has 1 aliphatic carbocycles. The van der Waals surface area contributed by atoms with Gasteiger partial charge in [-0.1, -0.05) is 121 Å². The minimum Gasteiger partial charge on any atom is -0.456 e. The summed E-state index contributed by atoms with van der Waals surface area (Å²) in [6.07, 6.45) is 9.41. The summed E-state index contributed by atoms with van der Waals surface area (Å²) in [5.74, 6) is 0. The number of thiazole rings is 1. The molecule has 0 unspecified atom stereocenters. The highest BCUT2D eigenvalue weighted by Crippen LogP contribution is 2.43. The summed E-state index contributed by atoms with van der Waals surface area (Å²) < 4.78 is 6.26. The molecular weight excluding hydrogens is 811 g/mol. The first-order valence-corrected chi connectivity index (χ1v) is 22.9. The summed E-state index contributed by atoms with van der Waals surface area (Å²) in [6.45, 7) is 0. The number of aromatic nitrogens is 1. The number of anilines is 6. The number of furan rings is 1. The van der Waals surface area contributed by atoms with Crippen molar-refractivity contribution in [3.8, 4) is 10.6 Å². The Balaban J connectivity index is 0.908. The number of hydrogen-bond donors (Lipinski definition) is 0. The van der Waals surface area contributed by atoms with E-state index >= 15 is 0 Å². The summed E-state index contributed by atoms with van der Waals surface area (Å²) in [5, 5.41) is 12.9. The predicted octanol–water partition coefficient (Wildman–Crippen LogP) is 17.4. The van der Waals surface area contributed by atoms with E-state index in [-0.39, 0.29) is 0 Å². The lowest BCUT2D eigenvalue weighted by Crippen LogP contribution is -2.10. The van der Waals surface area contributed by atoms with Crippen LogP contribution in [0, 0.1) is 0 Å². The second-order valence-electron chi connectivity index (χ2n) is 16.8. The van der Waals surface area contributed by atoms with Crippen molar-refractivity contribution in [1.29, 1.82) is 0 Å². The van der Waals surface area contributed by atoms with Crippen molar-refractivity contribution >= 4 is 117 Å². The van der Waals surface area contributed by atoms with Gasteiger partial charge in [0.2, 0.25) is 0 Å². The summed E-state index contributed by atoms with van der Waals surface area (Å²) in [7, 11) is 0. The molecule has 0 saturated heterocycles. The molecule has 12 aromatic rings. The molecule has 0 bridgehead atoms. The van der Waals surface area contributed by atoms with Crippen LogP contribution in [0.2, 0.25) is 0 Å². The normalized spacial score (nSPS) is 12.4. The minimum absolute atomic E-state index is 0.883. The summed E-state index contributed by atoms with van der Waals surface area (Å²) in [4.78, 5) is 11.0. The van der Waals surface area contributed by atoms with Crippen LogP contribution < -0.4 is 9.80 Å². The Kier molecular flexibility index (Phi) is 8.74. The fraction of sp³-hybridized carbons (Fsp3) is 0.0167. The van der Waals surface area contributed by atoms with Crippen molar-refractivity contribution in [2.45, 2.75) is 6.42 Å². The van der Waals surface area contributed by atoms with Gasteiger partial charge in [-0.05, 0) is 146 Å². The van der Waals surface area contributed by atoms with Gasteiger partial charge in [0.1, 0.15) is 16.2 Å². The van der Waals surface area contributed by atoms with Crippen LogP contribution in [0.4, 0.5) is 34.1 Å². The van der Waals surface area contributed by atoms with Gasteiger partial charge in [-0.3, -0.25) is 0 Å². The van der Waals surface area contributed by atoms with Gasteiger partial charge in [0.05, 0.1) is 5.69 Å². The molecule has 4 nitrogen and oxygen atoms in total. The van der Waals surface area contributed by atoms with E-state index in [1.807, 2.05) is 12.1 Å². The van der Waals surface area contributed by atoms with Crippen LogP contribution in [-0.4, -0.2) is 4.98 Å². The highest BCUT2D eigenvalue weighted by molar-refractivity contribution is 7.15. The molecule has 0 saturated carbocycles. The molecule has 2 heterocycles. The van der Waals surface area contributed by atoms with Crippen LogP contribution >= 0.6 is 11.3 Å². The van der Waals surface area contributed by atoms with Crippen LogP contribution in [0.3, 0.4) is 0 Å². The van der Waals surface area contributed by atoms with Gasteiger partial charge < -0.3 is 14.2 Å². The third-order valence-corrected chi connectivity index (χ3v) is 14.0. The molecule has 10 aromatic carbocycles. The maximum atomic E-state index is 6.26. The van der Waals surface area contributed by atoms with Crippen molar-refractivity contribution in [2.24, 2.45) is 0 Å². The van der Waals surface area contributed by atoms with E-state index in [9.17, 15) is 0 Å². The first-order valence-electron chi connectivity index (χ1n) is 22.1. The highest BCUT2D eigenvalue weighted by Gasteiger charge is 2.19. The Hall–Kier alpha value is -8.25. The highest BCUT2D eigenvalue weighted by atomic mass is 32.1. The fourth-order valence-electron chi connectivity index (χ4n) is 9.62. The molecule has 13 rings (SSSR count). The summed E-state index contributed by atoms with van der Waals surface area (Å²) >= 11 is 1.78. The minimum atomic E-state index is 0.883. The molecule has 306 valence electrons. The molecule has 0 N–H and O–H groups in total. The van der Waals surface area contributed by atoms with Crippen LogP contribution in [-0.2, 0) is 6.42 Å². The van der Waals surface area contributed by atoms with Crippen LogP contribution in [0.25, 0.3) is 81.7 Å². The van der Waals surface area contributed by atoms with Crippen LogP contribution in [0.15, 0.2) is 223 Å². The van der Waals surface area contributed by atoms with E-state index in [4.69, 9.17) is 9.40 Å². The molecule has 0 amide bonds. The van der Waals surface area contributed by atoms with E-state index in [1.165, 1.54) is 48.0 Å². The molecule has 0 atom stereocenters. The van der Waals surface area contributed by atoms with Gasteiger partial charge in [-0.25, -0.2) is 4.98 Å². The van der Waals surface area contributed by atoms with Crippen molar-refractivity contribution in [3.05, 3.63) is 229 Å². The first kappa shape index (κ1) is 37.3. The third-order valence-electron chi connectivity index (χ3n) is 12.8. The Morgan fingerprint density at radius 2 is 0.908 bits per heavy atom. The lowest BCUT2D eigenvalue weighted by molar-refractivity contribution is 0.669. The third kappa shape index (κ3) is 6.56. The lowest BCUT2D eigenvalue weighted by Gasteiger charge is -2.27. The van der Waals surface area contributed by atoms with Gasteiger partial charge in [0.25, 0.3) is 0 Å². The Bertz CT molecular complexity index is 3890. The molecule has 0 fully saturated rings. The number of hydrogen-bond acceptors (Lipinski definition) is 5. The number of para-hydroxylation sites is 1. The number of fused-ring (bicyclic) bond motifs is 9. The standard InChI is InChI=1S/C60H39N3OS/c1-2-15-56-59(17-3-1)65-60(61-56)41-22-24-46(25-23-41)62(47-26-20-39-10-4-6-12-42(39)34-47)49-28-31-52-44(36-49)18-19-45-37-50(29-32-53(45)52)63(48-27-21-40-11-5-7-13-43(40)35-48)51-30-33-58-55(38-51)54-14-8-9-16-57(54)64-58/h1-16,18-38H,17H2. The quantitative estimate of drug-likeness (QED) is 0.150. The average Bonchev–Trinajstić information content (AvgIpc) is 3.87. The zero-order valence-electron chi connectivity index (χ0n) is 35.2. The largest absolute Gasteiger partial charge is 0.456 e. The first-order chi connectivity index (χ1) is 32.2. The molecule has 1 aliphatic rings. The Morgan fingerprint density at radius 1 is 0.400 bits per heavy atom. The van der Waals surface area contributed by atoms with Crippen LogP contribution in [0.1, 0.15) is 10.6 Å². The second kappa shape index (κ2) is 15.2. The SMILES string of the molecule is C1=CCc2sc(-c3ccc(N(c4ccc5ccccc5c4)c4ccc5c(ccc6cc(N(c7ccc8ccccc8c7)c7ccc8oc9ccccc9c8c7)ccc65)c4)cc3)nc2C=C1. The maximum Gasteiger partial charge on any atom is 0.135 e. The number of rotatable bonds is 7. The zero-order chi connectivity index (χ0) is 42.8. The van der Waals surface area contributed by atoms with E-state index in [0.29, 0.717) is 0 Å². The summed E-state index contributed by atoms with van der Waals surface area (Å²) in [5.41, 5.74) is 10.5. The van der Waals surface area contributed by atoms with Gasteiger partial charge in [0, 0.05) is 61.8 Å². The number of allylic oxidation sites excluding steroid dienone is 3. The molecule has 0 spiro atoms. The Morgan fingerprint density at radius 3 is 1.58 bits per heavy atom. The van der Waals surface area contributed by atoms with E-state index < -0.39 is 0 Å². The smallest absolute Gasteiger partial charge is 0.135 e. The molecule has 5 heteroatoms. The molecule has 0 radical (unpaired) electrons. The number of benzene rings is 10. The van der Waals surface area contributed by atoms with Gasteiger partial charge >= 0.3 is 0 Å². The van der Waals surface area contributed by atoms with Gasteiger partial charge in [-0.15, -0.1) is 11.3 Å². The average molecular weight is 850 g/mol. The van der Waals surface area contributed by atoms with Crippen molar-refractivity contribution in [2.75, 3.05) is 9.80 Å². The van der Waals surface area contributed by atoms with Gasteiger partial charge in [-0.2, -0.15) is 0 Å².